The van der Waals surface area contributed by atoms with Gasteiger partial charge in [0.05, 0.1) is 12.2 Å². The molecule has 2 aromatic heterocycles. The summed E-state index contributed by atoms with van der Waals surface area (Å²) in [6.07, 6.45) is 2.81. The van der Waals surface area contributed by atoms with Gasteiger partial charge in [0, 0.05) is 31.1 Å². The van der Waals surface area contributed by atoms with Crippen LogP contribution in [0, 0.1) is 5.92 Å². The van der Waals surface area contributed by atoms with Gasteiger partial charge in [-0.3, -0.25) is 9.36 Å². The van der Waals surface area contributed by atoms with E-state index in [1.807, 2.05) is 10.6 Å². The van der Waals surface area contributed by atoms with E-state index in [2.05, 4.69) is 44.6 Å². The Morgan fingerprint density at radius 2 is 2.15 bits per heavy atom. The third kappa shape index (κ3) is 4.15. The Bertz CT molecular complexity index is 1280. The van der Waals surface area contributed by atoms with E-state index in [9.17, 15) is 4.79 Å². The standard InChI is InChI=1S/C21H23N7O4Si/c1-33(2,3)7-6-30-11-28-10-25-17-19(28)23-9-24-21(17)31-12-4-5-14-13(8-12)15-16(18(15)32-14)20(29)26-27-22/h4-5,8-10,15-16,18H,6-7,11H2,1-3H3/t15-,16-,18-/m0/s1. The number of hydrogen-bond donors (Lipinski definition) is 0. The van der Waals surface area contributed by atoms with Crippen molar-refractivity contribution in [1.82, 2.24) is 19.5 Å². The first kappa shape index (κ1) is 21.4. The van der Waals surface area contributed by atoms with Crippen LogP contribution in [0.2, 0.25) is 25.7 Å². The minimum atomic E-state index is -1.15. The summed E-state index contributed by atoms with van der Waals surface area (Å²) in [5, 5.41) is 3.20. The van der Waals surface area contributed by atoms with Gasteiger partial charge in [-0.05, 0) is 34.9 Å². The maximum absolute atomic E-state index is 11.9. The van der Waals surface area contributed by atoms with E-state index < -0.39 is 19.9 Å². The smallest absolute Gasteiger partial charge is 0.250 e. The third-order valence-electron chi connectivity index (χ3n) is 5.79. The monoisotopic (exact) mass is 465 g/mol. The van der Waals surface area contributed by atoms with Crippen LogP contribution in [0.3, 0.4) is 0 Å². The summed E-state index contributed by atoms with van der Waals surface area (Å²) in [5.41, 5.74) is 10.5. The van der Waals surface area contributed by atoms with Gasteiger partial charge in [0.25, 0.3) is 5.88 Å². The number of aromatic nitrogens is 4. The molecule has 3 heterocycles. The van der Waals surface area contributed by atoms with Crippen molar-refractivity contribution < 1.29 is 19.0 Å². The van der Waals surface area contributed by atoms with E-state index >= 15 is 0 Å². The first-order valence-corrected chi connectivity index (χ1v) is 14.4. The Kier molecular flexibility index (Phi) is 5.27. The first-order valence-electron chi connectivity index (χ1n) is 10.7. The second-order valence-electron chi connectivity index (χ2n) is 9.38. The van der Waals surface area contributed by atoms with E-state index in [0.717, 1.165) is 11.6 Å². The molecule has 12 heteroatoms. The van der Waals surface area contributed by atoms with Crippen LogP contribution in [-0.2, 0) is 16.3 Å². The maximum atomic E-state index is 11.9. The zero-order valence-corrected chi connectivity index (χ0v) is 19.5. The van der Waals surface area contributed by atoms with Crippen molar-refractivity contribution in [1.29, 1.82) is 0 Å². The first-order chi connectivity index (χ1) is 15.9. The maximum Gasteiger partial charge on any atom is 0.250 e. The van der Waals surface area contributed by atoms with Crippen molar-refractivity contribution in [2.45, 2.75) is 44.4 Å². The van der Waals surface area contributed by atoms with Crippen LogP contribution < -0.4 is 9.47 Å². The zero-order chi connectivity index (χ0) is 23.2. The van der Waals surface area contributed by atoms with Crippen LogP contribution in [-0.4, -0.2) is 46.2 Å². The van der Waals surface area contributed by atoms with E-state index in [1.165, 1.54) is 6.33 Å². The molecule has 1 amide bonds. The van der Waals surface area contributed by atoms with Gasteiger partial charge in [0.15, 0.2) is 11.2 Å². The van der Waals surface area contributed by atoms with Crippen LogP contribution in [0.4, 0.5) is 0 Å². The Hall–Kier alpha value is -3.47. The summed E-state index contributed by atoms with van der Waals surface area (Å²) in [6, 6.07) is 6.49. The number of azide groups is 1. The quantitative estimate of drug-likeness (QED) is 0.159. The average Bonchev–Trinajstić information content (AvgIpc) is 3.12. The Balaban J connectivity index is 1.31. The van der Waals surface area contributed by atoms with Crippen molar-refractivity contribution in [2.75, 3.05) is 6.61 Å². The molecule has 0 spiro atoms. The van der Waals surface area contributed by atoms with E-state index in [0.29, 0.717) is 41.9 Å². The number of benzene rings is 1. The summed E-state index contributed by atoms with van der Waals surface area (Å²) < 4.78 is 19.5. The number of ether oxygens (including phenoxy) is 3. The van der Waals surface area contributed by atoms with Gasteiger partial charge >= 0.3 is 0 Å². The lowest BCUT2D eigenvalue weighted by molar-refractivity contribution is -0.119. The summed E-state index contributed by atoms with van der Waals surface area (Å²) in [7, 11) is -1.15. The van der Waals surface area contributed by atoms with Gasteiger partial charge in [0.1, 0.15) is 30.7 Å². The molecule has 3 aromatic rings. The second kappa shape index (κ2) is 8.14. The number of fused-ring (bicyclic) bond motifs is 4. The molecule has 1 aromatic carbocycles. The van der Waals surface area contributed by atoms with Crippen molar-refractivity contribution in [3.63, 3.8) is 0 Å². The molecule has 11 nitrogen and oxygen atoms in total. The molecule has 0 N–H and O–H groups in total. The number of amides is 1. The predicted molar refractivity (Wildman–Crippen MR) is 121 cm³/mol. The van der Waals surface area contributed by atoms with Gasteiger partial charge in [-0.15, -0.1) is 0 Å². The lowest BCUT2D eigenvalue weighted by Gasteiger charge is -2.15. The molecule has 5 rings (SSSR count). The number of carbonyl (C=O) groups is 1. The Morgan fingerprint density at radius 1 is 1.30 bits per heavy atom. The van der Waals surface area contributed by atoms with Crippen LogP contribution in [0.15, 0.2) is 36.0 Å². The van der Waals surface area contributed by atoms with Gasteiger partial charge in [-0.25, -0.2) is 9.97 Å². The summed E-state index contributed by atoms with van der Waals surface area (Å²) in [6.45, 7) is 8.00. The van der Waals surface area contributed by atoms with Gasteiger partial charge in [0.2, 0.25) is 5.91 Å². The fourth-order valence-electron chi connectivity index (χ4n) is 3.99. The van der Waals surface area contributed by atoms with E-state index in [-0.39, 0.29) is 12.0 Å². The molecule has 0 saturated heterocycles. The molecule has 3 atom stereocenters. The van der Waals surface area contributed by atoms with Crippen LogP contribution >= 0.6 is 0 Å². The average molecular weight is 466 g/mol. The lowest BCUT2D eigenvalue weighted by atomic mass is 10.1. The highest BCUT2D eigenvalue weighted by atomic mass is 28.3. The largest absolute Gasteiger partial charge is 0.489 e. The molecule has 0 radical (unpaired) electrons. The molecule has 0 unspecified atom stereocenters. The number of nitrogens with zero attached hydrogens (tertiary/aromatic N) is 7. The Morgan fingerprint density at radius 3 is 2.94 bits per heavy atom. The Labute approximate surface area is 190 Å². The van der Waals surface area contributed by atoms with Crippen molar-refractivity contribution in [3.05, 3.63) is 46.9 Å². The highest BCUT2D eigenvalue weighted by Crippen LogP contribution is 2.59. The van der Waals surface area contributed by atoms with E-state index in [1.54, 1.807) is 18.5 Å². The normalized spacial score (nSPS) is 20.5. The van der Waals surface area contributed by atoms with E-state index in [4.69, 9.17) is 19.7 Å². The molecule has 1 aliphatic heterocycles. The van der Waals surface area contributed by atoms with Crippen molar-refractivity contribution in [2.24, 2.45) is 11.0 Å². The summed E-state index contributed by atoms with van der Waals surface area (Å²) >= 11 is 0. The third-order valence-corrected chi connectivity index (χ3v) is 7.50. The zero-order valence-electron chi connectivity index (χ0n) is 18.5. The number of hydrogen-bond acceptors (Lipinski definition) is 7. The van der Waals surface area contributed by atoms with Crippen molar-refractivity contribution in [3.8, 4) is 17.4 Å². The fraction of sp³-hybridized carbons (Fsp3) is 0.429. The molecular formula is C21H23N7O4Si. The van der Waals surface area contributed by atoms with Crippen LogP contribution in [0.5, 0.6) is 17.4 Å². The minimum Gasteiger partial charge on any atom is -0.489 e. The molecule has 1 aliphatic carbocycles. The number of rotatable bonds is 8. The summed E-state index contributed by atoms with van der Waals surface area (Å²) in [4.78, 5) is 27.5. The number of imidazole rings is 1. The lowest BCUT2D eigenvalue weighted by Crippen LogP contribution is -2.22. The minimum absolute atomic E-state index is 0.125. The molecule has 0 bridgehead atoms. The highest BCUT2D eigenvalue weighted by Gasteiger charge is 2.62. The van der Waals surface area contributed by atoms with Crippen LogP contribution in [0.25, 0.3) is 21.6 Å². The molecule has 170 valence electrons. The summed E-state index contributed by atoms with van der Waals surface area (Å²) in [5.74, 6) is 0.509. The molecule has 33 heavy (non-hydrogen) atoms. The SMILES string of the molecule is C[Si](C)(C)CCOCn1cnc2c(Oc3ccc4c(c3)[C@@H]3[C@H](O4)[C@H]3C(=O)N=[N+]=[N-])ncnc21. The van der Waals surface area contributed by atoms with Crippen molar-refractivity contribution >= 4 is 25.1 Å². The molecule has 2 aliphatic rings. The van der Waals surface area contributed by atoms with Crippen LogP contribution in [0.1, 0.15) is 11.5 Å². The van der Waals surface area contributed by atoms with Gasteiger partial charge in [-0.1, -0.05) is 19.6 Å². The predicted octanol–water partition coefficient (Wildman–Crippen LogP) is 4.24. The highest BCUT2D eigenvalue weighted by molar-refractivity contribution is 6.76. The van der Waals surface area contributed by atoms with Gasteiger partial charge < -0.3 is 14.2 Å². The topological polar surface area (TPSA) is 137 Å². The number of carbonyl (C=O) groups excluding carboxylic acids is 1. The van der Waals surface area contributed by atoms with Gasteiger partial charge in [-0.2, -0.15) is 4.98 Å². The second-order valence-corrected chi connectivity index (χ2v) is 15.0. The fourth-order valence-corrected chi connectivity index (χ4v) is 4.75. The molecule has 1 saturated carbocycles. The molecular weight excluding hydrogens is 442 g/mol. The molecule has 1 fully saturated rings.